The molecule has 4 atom stereocenters. The second kappa shape index (κ2) is 10.8. The zero-order chi connectivity index (χ0) is 24.1. The molecule has 2 aromatic carbocycles. The van der Waals surface area contributed by atoms with E-state index in [4.69, 9.17) is 11.5 Å². The molecule has 0 saturated carbocycles. The molecule has 0 bridgehead atoms. The molecule has 5 N–H and O–H groups in total. The van der Waals surface area contributed by atoms with Crippen LogP contribution in [0.3, 0.4) is 0 Å². The first-order valence-electron chi connectivity index (χ1n) is 12.0. The van der Waals surface area contributed by atoms with Crippen LogP contribution < -0.4 is 16.8 Å². The van der Waals surface area contributed by atoms with Crippen molar-refractivity contribution in [2.75, 3.05) is 13.1 Å². The Morgan fingerprint density at radius 1 is 1.18 bits per heavy atom. The third kappa shape index (κ3) is 5.62. The summed E-state index contributed by atoms with van der Waals surface area (Å²) < 4.78 is 0. The van der Waals surface area contributed by atoms with Crippen molar-refractivity contribution in [3.63, 3.8) is 0 Å². The van der Waals surface area contributed by atoms with Gasteiger partial charge in [-0.3, -0.25) is 19.5 Å². The van der Waals surface area contributed by atoms with Crippen molar-refractivity contribution in [3.8, 4) is 0 Å². The Labute approximate surface area is 199 Å². The van der Waals surface area contributed by atoms with Gasteiger partial charge in [-0.25, -0.2) is 0 Å². The van der Waals surface area contributed by atoms with Gasteiger partial charge in [-0.05, 0) is 54.4 Å². The Balaban J connectivity index is 1.37. The number of carbonyl (C=O) groups is 3. The number of ketones is 1. The summed E-state index contributed by atoms with van der Waals surface area (Å²) in [5, 5.41) is 5.27. The summed E-state index contributed by atoms with van der Waals surface area (Å²) in [6, 6.07) is 13.5. The number of aliphatic imine (C=N–C) groups is 1. The largest absolute Gasteiger partial charge is 0.370 e. The lowest BCUT2D eigenvalue weighted by Crippen LogP contribution is -2.52. The number of carbonyl (C=O) groups excluding carboxylic acids is 3. The van der Waals surface area contributed by atoms with Crippen molar-refractivity contribution >= 4 is 34.7 Å². The Morgan fingerprint density at radius 3 is 2.74 bits per heavy atom. The van der Waals surface area contributed by atoms with E-state index in [1.165, 1.54) is 16.3 Å². The first-order valence-corrected chi connectivity index (χ1v) is 12.0. The maximum atomic E-state index is 13.0. The minimum Gasteiger partial charge on any atom is -0.370 e. The highest BCUT2D eigenvalue weighted by atomic mass is 16.2. The van der Waals surface area contributed by atoms with Crippen molar-refractivity contribution in [2.45, 2.75) is 56.7 Å². The SMILES string of the molecule is NC(N)=NCCC[C@@H](C=O)NC(=O)C1CC(=O)C2CCC(Cc3ccc4ccccc4c3)CN21. The van der Waals surface area contributed by atoms with Gasteiger partial charge < -0.3 is 21.6 Å². The van der Waals surface area contributed by atoms with E-state index in [0.717, 1.165) is 25.5 Å². The highest BCUT2D eigenvalue weighted by Crippen LogP contribution is 2.33. The van der Waals surface area contributed by atoms with Gasteiger partial charge in [0.05, 0.1) is 18.1 Å². The topological polar surface area (TPSA) is 131 Å². The fraction of sp³-hybridized carbons (Fsp3) is 0.462. The summed E-state index contributed by atoms with van der Waals surface area (Å²) in [6.45, 7) is 1.10. The predicted octanol–water partition coefficient (Wildman–Crippen LogP) is 1.54. The van der Waals surface area contributed by atoms with Crippen molar-refractivity contribution in [3.05, 3.63) is 48.0 Å². The van der Waals surface area contributed by atoms with Crippen LogP contribution in [0.4, 0.5) is 0 Å². The molecule has 2 aromatic rings. The maximum Gasteiger partial charge on any atom is 0.238 e. The molecule has 0 aliphatic carbocycles. The monoisotopic (exact) mass is 463 g/mol. The average Bonchev–Trinajstić information content (AvgIpc) is 3.16. The van der Waals surface area contributed by atoms with Crippen molar-refractivity contribution in [2.24, 2.45) is 22.4 Å². The van der Waals surface area contributed by atoms with Crippen molar-refractivity contribution in [1.29, 1.82) is 0 Å². The van der Waals surface area contributed by atoms with Crippen LogP contribution in [0.5, 0.6) is 0 Å². The van der Waals surface area contributed by atoms with E-state index in [-0.39, 0.29) is 30.1 Å². The number of benzene rings is 2. The molecule has 8 heteroatoms. The lowest BCUT2D eigenvalue weighted by molar-refractivity contribution is -0.129. The van der Waals surface area contributed by atoms with Crippen molar-refractivity contribution in [1.82, 2.24) is 10.2 Å². The molecule has 8 nitrogen and oxygen atoms in total. The fourth-order valence-corrected chi connectivity index (χ4v) is 5.29. The standard InChI is InChI=1S/C26H33N5O3/c27-26(28)29-11-3-6-21(16-32)30-25(34)23-14-24(33)22-10-8-18(15-31(22)23)12-17-7-9-19-4-1-2-5-20(19)13-17/h1-2,4-5,7,9,13,16,18,21-23H,3,6,8,10-12,14-15H2,(H,30,34)(H4,27,28,29)/t18?,21-,22?,23?/m0/s1. The van der Waals surface area contributed by atoms with E-state index in [1.807, 2.05) is 12.1 Å². The van der Waals surface area contributed by atoms with Gasteiger partial charge in [0.15, 0.2) is 11.7 Å². The Kier molecular flexibility index (Phi) is 7.57. The summed E-state index contributed by atoms with van der Waals surface area (Å²) in [5.74, 6) is 0.256. The van der Waals surface area contributed by atoms with Gasteiger partial charge in [0.25, 0.3) is 0 Å². The minimum absolute atomic E-state index is 0.00513. The minimum atomic E-state index is -0.617. The summed E-state index contributed by atoms with van der Waals surface area (Å²) in [7, 11) is 0. The molecule has 0 aromatic heterocycles. The van der Waals surface area contributed by atoms with Gasteiger partial charge in [0.2, 0.25) is 5.91 Å². The molecular weight excluding hydrogens is 430 g/mol. The number of piperidine rings is 1. The molecule has 34 heavy (non-hydrogen) atoms. The Morgan fingerprint density at radius 2 is 1.97 bits per heavy atom. The molecule has 2 saturated heterocycles. The van der Waals surface area contributed by atoms with Crippen molar-refractivity contribution < 1.29 is 14.4 Å². The molecule has 2 heterocycles. The van der Waals surface area contributed by atoms with Gasteiger partial charge in [-0.2, -0.15) is 0 Å². The first-order chi connectivity index (χ1) is 16.4. The smallest absolute Gasteiger partial charge is 0.238 e. The third-order valence-corrected chi connectivity index (χ3v) is 6.98. The molecule has 3 unspecified atom stereocenters. The number of aldehydes is 1. The van der Waals surface area contributed by atoms with Gasteiger partial charge in [-0.15, -0.1) is 0 Å². The quantitative estimate of drug-likeness (QED) is 0.224. The van der Waals surface area contributed by atoms with Crippen LogP contribution in [0.2, 0.25) is 0 Å². The molecular formula is C26H33N5O3. The fourth-order valence-electron chi connectivity index (χ4n) is 5.29. The van der Waals surface area contributed by atoms with Crippen LogP contribution in [0.25, 0.3) is 10.8 Å². The highest BCUT2D eigenvalue weighted by Gasteiger charge is 2.46. The van der Waals surface area contributed by atoms with Gasteiger partial charge in [-0.1, -0.05) is 42.5 Å². The number of guanidine groups is 1. The molecule has 1 amide bonds. The van der Waals surface area contributed by atoms with Crippen LogP contribution in [0.1, 0.15) is 37.7 Å². The molecule has 2 aliphatic heterocycles. The highest BCUT2D eigenvalue weighted by molar-refractivity contribution is 5.96. The van der Waals surface area contributed by atoms with E-state index in [1.54, 1.807) is 0 Å². The number of nitrogens with zero attached hydrogens (tertiary/aromatic N) is 2. The number of hydrogen-bond donors (Lipinski definition) is 3. The molecule has 4 rings (SSSR count). The van der Waals surface area contributed by atoms with Crippen LogP contribution in [0, 0.1) is 5.92 Å². The number of rotatable bonds is 9. The zero-order valence-electron chi connectivity index (χ0n) is 19.4. The normalized spacial score (nSPS) is 23.3. The zero-order valence-corrected chi connectivity index (χ0v) is 19.4. The Bertz CT molecular complexity index is 1080. The number of nitrogens with one attached hydrogen (secondary N) is 1. The van der Waals surface area contributed by atoms with Crippen LogP contribution in [-0.4, -0.2) is 60.1 Å². The summed E-state index contributed by atoms with van der Waals surface area (Å²) in [4.78, 5) is 43.1. The number of amides is 1. The second-order valence-corrected chi connectivity index (χ2v) is 9.43. The lowest BCUT2D eigenvalue weighted by atomic mass is 9.87. The lowest BCUT2D eigenvalue weighted by Gasteiger charge is -2.37. The molecule has 0 radical (unpaired) electrons. The predicted molar refractivity (Wildman–Crippen MR) is 132 cm³/mol. The number of nitrogens with two attached hydrogens (primary N) is 2. The second-order valence-electron chi connectivity index (χ2n) is 9.43. The van der Waals surface area contributed by atoms with Crippen LogP contribution in [0.15, 0.2) is 47.5 Å². The van der Waals surface area contributed by atoms with E-state index < -0.39 is 12.1 Å². The summed E-state index contributed by atoms with van der Waals surface area (Å²) in [5.41, 5.74) is 11.9. The third-order valence-electron chi connectivity index (χ3n) is 6.98. The van der Waals surface area contributed by atoms with Crippen LogP contribution >= 0.6 is 0 Å². The van der Waals surface area contributed by atoms with Gasteiger partial charge in [0, 0.05) is 19.5 Å². The van der Waals surface area contributed by atoms with Gasteiger partial charge >= 0.3 is 0 Å². The maximum absolute atomic E-state index is 13.0. The van der Waals surface area contributed by atoms with E-state index in [2.05, 4.69) is 45.5 Å². The van der Waals surface area contributed by atoms with E-state index in [0.29, 0.717) is 31.8 Å². The van der Waals surface area contributed by atoms with Gasteiger partial charge in [0.1, 0.15) is 6.29 Å². The molecule has 2 aliphatic rings. The Hall–Kier alpha value is -3.26. The number of Topliss-reactive ketones (excluding diaryl/α,β-unsaturated/α-hetero) is 1. The van der Waals surface area contributed by atoms with Crippen LogP contribution in [-0.2, 0) is 20.8 Å². The van der Waals surface area contributed by atoms with E-state index in [9.17, 15) is 14.4 Å². The molecule has 180 valence electrons. The summed E-state index contributed by atoms with van der Waals surface area (Å²) >= 11 is 0. The molecule has 0 spiro atoms. The first kappa shape index (κ1) is 23.9. The average molecular weight is 464 g/mol. The number of fused-ring (bicyclic) bond motifs is 2. The number of hydrogen-bond acceptors (Lipinski definition) is 5. The molecule has 2 fully saturated rings. The summed E-state index contributed by atoms with van der Waals surface area (Å²) in [6.07, 6.45) is 4.62. The van der Waals surface area contributed by atoms with E-state index >= 15 is 0 Å².